The van der Waals surface area contributed by atoms with E-state index in [1.165, 1.54) is 13.2 Å². The second-order valence-corrected chi connectivity index (χ2v) is 6.83. The standard InChI is InChI=1S/C16H23BF2O3/c1-14(2)15(3,4)22-17(21-14)12-7-8-13(16(5,18)19)11(9-12)10-20-6/h7-9H,10H2,1-6H3. The normalized spacial score (nSPS) is 20.5. The number of halogens is 2. The van der Waals surface area contributed by atoms with Crippen molar-refractivity contribution in [1.29, 1.82) is 0 Å². The third-order valence-electron chi connectivity index (χ3n) is 4.43. The Labute approximate surface area is 131 Å². The topological polar surface area (TPSA) is 27.7 Å². The van der Waals surface area contributed by atoms with Crippen LogP contribution in [-0.4, -0.2) is 25.4 Å². The van der Waals surface area contributed by atoms with E-state index in [1.54, 1.807) is 12.1 Å². The first-order chi connectivity index (χ1) is 9.98. The van der Waals surface area contributed by atoms with Gasteiger partial charge in [0.05, 0.1) is 17.8 Å². The molecule has 0 atom stereocenters. The van der Waals surface area contributed by atoms with Gasteiger partial charge in [0.15, 0.2) is 0 Å². The molecule has 6 heteroatoms. The molecule has 1 aliphatic heterocycles. The summed E-state index contributed by atoms with van der Waals surface area (Å²) in [5, 5.41) is 0. The molecule has 2 rings (SSSR count). The second kappa shape index (κ2) is 5.58. The molecule has 0 unspecified atom stereocenters. The molecular formula is C16H23BF2O3. The van der Waals surface area contributed by atoms with Crippen LogP contribution in [0.15, 0.2) is 18.2 Å². The van der Waals surface area contributed by atoms with Crippen molar-refractivity contribution in [3.05, 3.63) is 29.3 Å². The molecule has 1 aromatic rings. The van der Waals surface area contributed by atoms with Gasteiger partial charge < -0.3 is 14.0 Å². The molecule has 3 nitrogen and oxygen atoms in total. The highest BCUT2D eigenvalue weighted by Gasteiger charge is 2.51. The number of alkyl halides is 2. The quantitative estimate of drug-likeness (QED) is 0.799. The van der Waals surface area contributed by atoms with E-state index in [-0.39, 0.29) is 12.2 Å². The summed E-state index contributed by atoms with van der Waals surface area (Å²) in [5.74, 6) is -2.91. The fraction of sp³-hybridized carbons (Fsp3) is 0.625. The van der Waals surface area contributed by atoms with Gasteiger partial charge in [0, 0.05) is 19.6 Å². The summed E-state index contributed by atoms with van der Waals surface area (Å²) in [6.45, 7) is 8.83. The Hall–Kier alpha value is -0.975. The van der Waals surface area contributed by atoms with E-state index in [4.69, 9.17) is 14.0 Å². The molecule has 0 aliphatic carbocycles. The van der Waals surface area contributed by atoms with Gasteiger partial charge in [-0.1, -0.05) is 18.2 Å². The van der Waals surface area contributed by atoms with Crippen molar-refractivity contribution in [2.45, 2.75) is 58.4 Å². The van der Waals surface area contributed by atoms with Crippen LogP contribution >= 0.6 is 0 Å². The molecule has 22 heavy (non-hydrogen) atoms. The van der Waals surface area contributed by atoms with Gasteiger partial charge in [-0.3, -0.25) is 0 Å². The van der Waals surface area contributed by atoms with Crippen molar-refractivity contribution in [2.75, 3.05) is 7.11 Å². The smallest absolute Gasteiger partial charge is 0.399 e. The molecule has 0 N–H and O–H groups in total. The van der Waals surface area contributed by atoms with Crippen molar-refractivity contribution >= 4 is 12.6 Å². The van der Waals surface area contributed by atoms with Crippen molar-refractivity contribution in [3.8, 4) is 0 Å². The van der Waals surface area contributed by atoms with Gasteiger partial charge >= 0.3 is 7.12 Å². The molecule has 1 aromatic carbocycles. The molecular weight excluding hydrogens is 289 g/mol. The monoisotopic (exact) mass is 312 g/mol. The van der Waals surface area contributed by atoms with Crippen LogP contribution in [0.5, 0.6) is 0 Å². The Balaban J connectivity index is 2.36. The Bertz CT molecular complexity index is 537. The number of hydrogen-bond acceptors (Lipinski definition) is 3. The lowest BCUT2D eigenvalue weighted by Crippen LogP contribution is -2.41. The number of rotatable bonds is 4. The molecule has 0 saturated carbocycles. The van der Waals surface area contributed by atoms with Crippen molar-refractivity contribution in [3.63, 3.8) is 0 Å². The van der Waals surface area contributed by atoms with Gasteiger partial charge in [-0.15, -0.1) is 0 Å². The fourth-order valence-corrected chi connectivity index (χ4v) is 2.44. The lowest BCUT2D eigenvalue weighted by Gasteiger charge is -2.32. The van der Waals surface area contributed by atoms with Crippen LogP contribution in [0.25, 0.3) is 0 Å². The highest BCUT2D eigenvalue weighted by Crippen LogP contribution is 2.37. The molecule has 1 heterocycles. The molecule has 0 aromatic heterocycles. The highest BCUT2D eigenvalue weighted by atomic mass is 19.3. The van der Waals surface area contributed by atoms with Crippen molar-refractivity contribution < 1.29 is 22.8 Å². The summed E-state index contributed by atoms with van der Waals surface area (Å²) < 4.78 is 44.3. The van der Waals surface area contributed by atoms with Crippen LogP contribution in [0.4, 0.5) is 8.78 Å². The average Bonchev–Trinajstić information content (AvgIpc) is 2.57. The van der Waals surface area contributed by atoms with E-state index in [0.29, 0.717) is 5.56 Å². The molecule has 1 fully saturated rings. The second-order valence-electron chi connectivity index (χ2n) is 6.83. The van der Waals surface area contributed by atoms with Crippen LogP contribution in [-0.2, 0) is 26.6 Å². The molecule has 0 bridgehead atoms. The third-order valence-corrected chi connectivity index (χ3v) is 4.43. The summed E-state index contributed by atoms with van der Waals surface area (Å²) in [7, 11) is 0.916. The zero-order valence-electron chi connectivity index (χ0n) is 14.0. The van der Waals surface area contributed by atoms with Gasteiger partial charge in [0.25, 0.3) is 5.92 Å². The minimum absolute atomic E-state index is 0.0328. The lowest BCUT2D eigenvalue weighted by atomic mass is 9.77. The minimum atomic E-state index is -2.91. The van der Waals surface area contributed by atoms with Crippen LogP contribution in [0.3, 0.4) is 0 Å². The van der Waals surface area contributed by atoms with Gasteiger partial charge in [0.2, 0.25) is 0 Å². The average molecular weight is 312 g/mol. The van der Waals surface area contributed by atoms with Gasteiger partial charge in [-0.25, -0.2) is 8.78 Å². The Morgan fingerprint density at radius 2 is 1.68 bits per heavy atom. The number of benzene rings is 1. The minimum Gasteiger partial charge on any atom is -0.399 e. The number of methoxy groups -OCH3 is 1. The summed E-state index contributed by atoms with van der Waals surface area (Å²) in [6.07, 6.45) is 0. The SMILES string of the molecule is COCc1cc(B2OC(C)(C)C(C)(C)O2)ccc1C(C)(F)F. The van der Waals surface area contributed by atoms with Crippen LogP contribution in [0.1, 0.15) is 45.7 Å². The molecule has 1 saturated heterocycles. The van der Waals surface area contributed by atoms with Gasteiger partial charge in [0.1, 0.15) is 0 Å². The predicted octanol–water partition coefficient (Wildman–Crippen LogP) is 3.24. The van der Waals surface area contributed by atoms with E-state index in [1.807, 2.05) is 27.7 Å². The summed E-state index contributed by atoms with van der Waals surface area (Å²) in [4.78, 5) is 0. The van der Waals surface area contributed by atoms with Crippen LogP contribution in [0.2, 0.25) is 0 Å². The Morgan fingerprint density at radius 1 is 1.14 bits per heavy atom. The van der Waals surface area contributed by atoms with E-state index in [2.05, 4.69) is 0 Å². The molecule has 0 spiro atoms. The molecule has 1 aliphatic rings. The maximum absolute atomic E-state index is 13.7. The third kappa shape index (κ3) is 3.19. The molecule has 0 amide bonds. The summed E-state index contributed by atoms with van der Waals surface area (Å²) in [6, 6.07) is 4.74. The number of hydrogen-bond donors (Lipinski definition) is 0. The fourth-order valence-electron chi connectivity index (χ4n) is 2.44. The van der Waals surface area contributed by atoms with Gasteiger partial charge in [-0.05, 0) is 38.7 Å². The zero-order chi connectivity index (χ0) is 16.8. The van der Waals surface area contributed by atoms with E-state index in [0.717, 1.165) is 12.4 Å². The largest absolute Gasteiger partial charge is 0.494 e. The van der Waals surface area contributed by atoms with Crippen LogP contribution in [0, 0.1) is 0 Å². The first-order valence-corrected chi connectivity index (χ1v) is 7.33. The lowest BCUT2D eigenvalue weighted by molar-refractivity contribution is 0.00578. The maximum Gasteiger partial charge on any atom is 0.494 e. The molecule has 122 valence electrons. The summed E-state index contributed by atoms with van der Waals surface area (Å²) in [5.41, 5.74) is 0.203. The van der Waals surface area contributed by atoms with E-state index < -0.39 is 24.2 Å². The first-order valence-electron chi connectivity index (χ1n) is 7.33. The highest BCUT2D eigenvalue weighted by molar-refractivity contribution is 6.62. The van der Waals surface area contributed by atoms with Crippen molar-refractivity contribution in [1.82, 2.24) is 0 Å². The van der Waals surface area contributed by atoms with E-state index in [9.17, 15) is 8.78 Å². The molecule has 0 radical (unpaired) electrons. The van der Waals surface area contributed by atoms with Gasteiger partial charge in [-0.2, -0.15) is 0 Å². The maximum atomic E-state index is 13.7. The van der Waals surface area contributed by atoms with E-state index >= 15 is 0 Å². The Morgan fingerprint density at radius 3 is 2.14 bits per heavy atom. The van der Waals surface area contributed by atoms with Crippen LogP contribution < -0.4 is 5.46 Å². The van der Waals surface area contributed by atoms with Crippen molar-refractivity contribution in [2.24, 2.45) is 0 Å². The predicted molar refractivity (Wildman–Crippen MR) is 82.4 cm³/mol. The number of ether oxygens (including phenoxy) is 1. The Kier molecular flexibility index (Phi) is 4.41. The summed E-state index contributed by atoms with van der Waals surface area (Å²) >= 11 is 0. The zero-order valence-corrected chi connectivity index (χ0v) is 14.0. The first kappa shape index (κ1) is 17.4.